The van der Waals surface area contributed by atoms with Crippen LogP contribution in [0.2, 0.25) is 0 Å². The van der Waals surface area contributed by atoms with Gasteiger partial charge in [0.05, 0.1) is 12.8 Å². The van der Waals surface area contributed by atoms with Gasteiger partial charge in [-0.2, -0.15) is 5.10 Å². The molecule has 5 heteroatoms. The molecule has 5 nitrogen and oxygen atoms in total. The Balaban J connectivity index is 1.90. The first-order chi connectivity index (χ1) is 12.3. The van der Waals surface area contributed by atoms with Crippen molar-refractivity contribution < 1.29 is 9.53 Å². The Morgan fingerprint density at radius 3 is 2.32 bits per heavy atom. The van der Waals surface area contributed by atoms with E-state index in [0.29, 0.717) is 17.0 Å². The van der Waals surface area contributed by atoms with Crippen LogP contribution in [-0.4, -0.2) is 23.7 Å². The van der Waals surface area contributed by atoms with Crippen LogP contribution in [0.15, 0.2) is 84.2 Å². The van der Waals surface area contributed by atoms with Crippen LogP contribution in [0.1, 0.15) is 21.5 Å². The molecule has 0 saturated heterocycles. The molecule has 25 heavy (non-hydrogen) atoms. The summed E-state index contributed by atoms with van der Waals surface area (Å²) in [6.07, 6.45) is 3.38. The summed E-state index contributed by atoms with van der Waals surface area (Å²) in [5.74, 6) is 0.315. The van der Waals surface area contributed by atoms with E-state index in [1.165, 1.54) is 0 Å². The highest BCUT2D eigenvalue weighted by molar-refractivity contribution is 6.13. The van der Waals surface area contributed by atoms with E-state index in [4.69, 9.17) is 4.74 Å². The minimum Gasteiger partial charge on any atom is -0.497 e. The third-order valence-electron chi connectivity index (χ3n) is 3.60. The molecule has 3 aromatic rings. The van der Waals surface area contributed by atoms with Gasteiger partial charge in [0, 0.05) is 29.1 Å². The van der Waals surface area contributed by atoms with Crippen LogP contribution >= 0.6 is 0 Å². The first kappa shape index (κ1) is 16.4. The molecule has 1 N–H and O–H groups in total. The highest BCUT2D eigenvalue weighted by Gasteiger charge is 2.09. The highest BCUT2D eigenvalue weighted by atomic mass is 16.5. The third kappa shape index (κ3) is 4.09. The Morgan fingerprint density at radius 2 is 1.60 bits per heavy atom. The lowest BCUT2D eigenvalue weighted by atomic mass is 10.0. The molecule has 0 bridgehead atoms. The van der Waals surface area contributed by atoms with Crippen molar-refractivity contribution in [2.75, 3.05) is 7.11 Å². The monoisotopic (exact) mass is 331 g/mol. The van der Waals surface area contributed by atoms with E-state index in [-0.39, 0.29) is 5.91 Å². The van der Waals surface area contributed by atoms with Crippen LogP contribution in [-0.2, 0) is 0 Å². The number of nitrogens with one attached hydrogen (secondary N) is 1. The maximum atomic E-state index is 12.4. The quantitative estimate of drug-likeness (QED) is 0.576. The number of pyridine rings is 1. The zero-order valence-electron chi connectivity index (χ0n) is 13.7. The number of amides is 1. The number of carbonyl (C=O) groups is 1. The van der Waals surface area contributed by atoms with E-state index in [1.54, 1.807) is 43.8 Å². The molecule has 1 heterocycles. The average molecular weight is 331 g/mol. The SMILES string of the molecule is COc1cccc(C(=O)N/N=C(\c2ccccc2)c2ccncc2)c1. The number of methoxy groups -OCH3 is 1. The first-order valence-electron chi connectivity index (χ1n) is 7.76. The van der Waals surface area contributed by atoms with Crippen molar-refractivity contribution in [1.82, 2.24) is 10.4 Å². The Kier molecular flexibility index (Phi) is 5.16. The largest absolute Gasteiger partial charge is 0.497 e. The number of hydrazone groups is 1. The van der Waals surface area contributed by atoms with E-state index in [9.17, 15) is 4.79 Å². The molecular weight excluding hydrogens is 314 g/mol. The number of nitrogens with zero attached hydrogens (tertiary/aromatic N) is 2. The topological polar surface area (TPSA) is 63.6 Å². The van der Waals surface area contributed by atoms with Gasteiger partial charge in [-0.15, -0.1) is 0 Å². The van der Waals surface area contributed by atoms with Gasteiger partial charge in [-0.05, 0) is 30.3 Å². The highest BCUT2D eigenvalue weighted by Crippen LogP contribution is 2.13. The number of hydrogen-bond acceptors (Lipinski definition) is 4. The molecule has 1 aromatic heterocycles. The van der Waals surface area contributed by atoms with Gasteiger partial charge in [-0.25, -0.2) is 5.43 Å². The van der Waals surface area contributed by atoms with Crippen LogP contribution in [0.25, 0.3) is 0 Å². The number of benzene rings is 2. The van der Waals surface area contributed by atoms with Crippen molar-refractivity contribution in [2.24, 2.45) is 5.10 Å². The molecular formula is C20H17N3O2. The van der Waals surface area contributed by atoms with Crippen molar-refractivity contribution >= 4 is 11.6 Å². The van der Waals surface area contributed by atoms with E-state index >= 15 is 0 Å². The van der Waals surface area contributed by atoms with Crippen LogP contribution in [0, 0.1) is 0 Å². The zero-order chi connectivity index (χ0) is 17.5. The summed E-state index contributed by atoms with van der Waals surface area (Å²) in [5.41, 5.74) is 5.53. The zero-order valence-corrected chi connectivity index (χ0v) is 13.7. The van der Waals surface area contributed by atoms with Gasteiger partial charge in [0.25, 0.3) is 5.91 Å². The summed E-state index contributed by atoms with van der Waals surface area (Å²) in [5, 5.41) is 4.34. The number of rotatable bonds is 5. The van der Waals surface area contributed by atoms with Crippen molar-refractivity contribution in [3.8, 4) is 5.75 Å². The molecule has 0 saturated carbocycles. The van der Waals surface area contributed by atoms with Gasteiger partial charge in [0.1, 0.15) is 5.75 Å². The summed E-state index contributed by atoms with van der Waals surface area (Å²) in [6.45, 7) is 0. The predicted octanol–water partition coefficient (Wildman–Crippen LogP) is 3.27. The Labute approximate surface area is 146 Å². The minimum absolute atomic E-state index is 0.304. The van der Waals surface area contributed by atoms with E-state index in [2.05, 4.69) is 15.5 Å². The smallest absolute Gasteiger partial charge is 0.271 e. The van der Waals surface area contributed by atoms with Crippen LogP contribution < -0.4 is 10.2 Å². The maximum Gasteiger partial charge on any atom is 0.271 e. The van der Waals surface area contributed by atoms with E-state index in [0.717, 1.165) is 11.1 Å². The third-order valence-corrected chi connectivity index (χ3v) is 3.60. The second-order valence-electron chi connectivity index (χ2n) is 5.24. The lowest BCUT2D eigenvalue weighted by Crippen LogP contribution is -2.20. The van der Waals surface area contributed by atoms with E-state index < -0.39 is 0 Å². The molecule has 2 aromatic carbocycles. The average Bonchev–Trinajstić information content (AvgIpc) is 2.69. The molecule has 0 atom stereocenters. The maximum absolute atomic E-state index is 12.4. The van der Waals surface area contributed by atoms with Crippen LogP contribution in [0.3, 0.4) is 0 Å². The fourth-order valence-corrected chi connectivity index (χ4v) is 2.34. The van der Waals surface area contributed by atoms with Crippen molar-refractivity contribution in [3.63, 3.8) is 0 Å². The standard InChI is InChI=1S/C20H17N3O2/c1-25-18-9-5-8-17(14-18)20(24)23-22-19(15-6-3-2-4-7-15)16-10-12-21-13-11-16/h2-14H,1H3,(H,23,24)/b22-19+. The van der Waals surface area contributed by atoms with E-state index in [1.807, 2.05) is 42.5 Å². The Hall–Kier alpha value is -3.47. The molecule has 0 fully saturated rings. The van der Waals surface area contributed by atoms with Crippen LogP contribution in [0.4, 0.5) is 0 Å². The molecule has 124 valence electrons. The summed E-state index contributed by atoms with van der Waals surface area (Å²) in [4.78, 5) is 16.4. The molecule has 0 aliphatic rings. The second-order valence-corrected chi connectivity index (χ2v) is 5.24. The number of aromatic nitrogens is 1. The molecule has 0 unspecified atom stereocenters. The Morgan fingerprint density at radius 1 is 0.920 bits per heavy atom. The summed E-state index contributed by atoms with van der Waals surface area (Å²) in [7, 11) is 1.56. The van der Waals surface area contributed by atoms with Crippen LogP contribution in [0.5, 0.6) is 5.75 Å². The van der Waals surface area contributed by atoms with Gasteiger partial charge in [0.2, 0.25) is 0 Å². The number of carbonyl (C=O) groups excluding carboxylic acids is 1. The molecule has 0 spiro atoms. The molecule has 3 rings (SSSR count). The minimum atomic E-state index is -0.304. The van der Waals surface area contributed by atoms with Gasteiger partial charge < -0.3 is 4.74 Å². The summed E-state index contributed by atoms with van der Waals surface area (Å²) < 4.78 is 5.15. The summed E-state index contributed by atoms with van der Waals surface area (Å²) in [6, 6.07) is 20.3. The van der Waals surface area contributed by atoms with Crippen molar-refractivity contribution in [2.45, 2.75) is 0 Å². The van der Waals surface area contributed by atoms with Gasteiger partial charge >= 0.3 is 0 Å². The molecule has 0 aliphatic heterocycles. The molecule has 0 radical (unpaired) electrons. The fourth-order valence-electron chi connectivity index (χ4n) is 2.34. The fraction of sp³-hybridized carbons (Fsp3) is 0.0500. The lowest BCUT2D eigenvalue weighted by Gasteiger charge is -2.08. The first-order valence-corrected chi connectivity index (χ1v) is 7.76. The number of ether oxygens (including phenoxy) is 1. The van der Waals surface area contributed by atoms with Gasteiger partial charge in [-0.1, -0.05) is 36.4 Å². The molecule has 0 aliphatic carbocycles. The van der Waals surface area contributed by atoms with Crippen molar-refractivity contribution in [3.05, 3.63) is 95.8 Å². The normalized spacial score (nSPS) is 11.0. The van der Waals surface area contributed by atoms with Crippen molar-refractivity contribution in [1.29, 1.82) is 0 Å². The predicted molar refractivity (Wildman–Crippen MR) is 96.8 cm³/mol. The van der Waals surface area contributed by atoms with Gasteiger partial charge in [-0.3, -0.25) is 9.78 Å². The number of hydrogen-bond donors (Lipinski definition) is 1. The Bertz CT molecular complexity index is 836. The summed E-state index contributed by atoms with van der Waals surface area (Å²) >= 11 is 0. The second kappa shape index (κ2) is 7.88. The molecule has 1 amide bonds. The lowest BCUT2D eigenvalue weighted by molar-refractivity contribution is 0.0954. The van der Waals surface area contributed by atoms with Gasteiger partial charge in [0.15, 0.2) is 0 Å².